The Bertz CT molecular complexity index is 342. The maximum absolute atomic E-state index is 5.82. The molecule has 1 aromatic rings. The van der Waals surface area contributed by atoms with Gasteiger partial charge in [-0.25, -0.2) is 0 Å². The van der Waals surface area contributed by atoms with Crippen LogP contribution in [-0.2, 0) is 0 Å². The van der Waals surface area contributed by atoms with Gasteiger partial charge in [-0.2, -0.15) is 0 Å². The minimum atomic E-state index is 0.522. The van der Waals surface area contributed by atoms with Crippen molar-refractivity contribution in [2.24, 2.45) is 11.7 Å². The summed E-state index contributed by atoms with van der Waals surface area (Å²) in [5.74, 6) is 0.954. The largest absolute Gasteiger partial charge is 0.330 e. The number of likely N-dealkylation sites (tertiary alicyclic amines) is 1. The Hall–Kier alpha value is -0.860. The van der Waals surface area contributed by atoms with E-state index >= 15 is 0 Å². The van der Waals surface area contributed by atoms with E-state index in [0.717, 1.165) is 18.9 Å². The number of hydrogen-bond acceptors (Lipinski definition) is 2. The van der Waals surface area contributed by atoms with Crippen LogP contribution in [0.4, 0.5) is 0 Å². The molecular weight excluding hydrogens is 232 g/mol. The van der Waals surface area contributed by atoms with Crippen LogP contribution in [0, 0.1) is 5.92 Å². The molecule has 2 nitrogen and oxygen atoms in total. The predicted octanol–water partition coefficient (Wildman–Crippen LogP) is 3.59. The predicted molar refractivity (Wildman–Crippen MR) is 82.1 cm³/mol. The molecule has 0 amide bonds. The van der Waals surface area contributed by atoms with Gasteiger partial charge in [0.15, 0.2) is 0 Å². The lowest BCUT2D eigenvalue weighted by molar-refractivity contribution is 0.124. The van der Waals surface area contributed by atoms with Gasteiger partial charge in [0.25, 0.3) is 0 Å². The third-order valence-corrected chi connectivity index (χ3v) is 4.41. The van der Waals surface area contributed by atoms with Crippen LogP contribution >= 0.6 is 0 Å². The first-order chi connectivity index (χ1) is 9.35. The number of hydrogen-bond donors (Lipinski definition) is 1. The summed E-state index contributed by atoms with van der Waals surface area (Å²) in [6.07, 6.45) is 6.53. The molecule has 106 valence electrons. The summed E-state index contributed by atoms with van der Waals surface area (Å²) < 4.78 is 0. The molecule has 2 heteroatoms. The van der Waals surface area contributed by atoms with Crippen LogP contribution < -0.4 is 5.73 Å². The summed E-state index contributed by atoms with van der Waals surface area (Å²) in [7, 11) is 0. The second kappa shape index (κ2) is 7.66. The van der Waals surface area contributed by atoms with Crippen LogP contribution in [-0.4, -0.2) is 24.5 Å². The second-order valence-electron chi connectivity index (χ2n) is 5.77. The lowest BCUT2D eigenvalue weighted by atomic mass is 9.90. The van der Waals surface area contributed by atoms with Crippen LogP contribution in [0.2, 0.25) is 0 Å². The number of benzene rings is 1. The fourth-order valence-electron chi connectivity index (χ4n) is 3.35. The average Bonchev–Trinajstić information content (AvgIpc) is 2.47. The molecule has 1 heterocycles. The maximum atomic E-state index is 5.82. The van der Waals surface area contributed by atoms with Crippen molar-refractivity contribution < 1.29 is 0 Å². The molecule has 2 rings (SSSR count). The summed E-state index contributed by atoms with van der Waals surface area (Å²) in [5, 5.41) is 0. The van der Waals surface area contributed by atoms with Crippen LogP contribution in [0.5, 0.6) is 0 Å². The third-order valence-electron chi connectivity index (χ3n) is 4.41. The number of rotatable bonds is 6. The minimum Gasteiger partial charge on any atom is -0.330 e. The van der Waals surface area contributed by atoms with Crippen LogP contribution in [0.1, 0.15) is 50.6 Å². The molecule has 19 heavy (non-hydrogen) atoms. The molecule has 0 aromatic heterocycles. The highest BCUT2D eigenvalue weighted by Crippen LogP contribution is 2.30. The van der Waals surface area contributed by atoms with E-state index in [0.29, 0.717) is 6.04 Å². The molecule has 0 aliphatic carbocycles. The summed E-state index contributed by atoms with van der Waals surface area (Å²) in [6.45, 7) is 5.55. The monoisotopic (exact) mass is 260 g/mol. The standard InChI is InChI=1S/C17H28N2/c1-2-6-15-10-13-19(14-11-15)17(9-12-18)16-7-4-3-5-8-16/h3-5,7-8,15,17H,2,6,9-14,18H2,1H3. The summed E-state index contributed by atoms with van der Waals surface area (Å²) in [6, 6.07) is 11.4. The van der Waals surface area contributed by atoms with Gasteiger partial charge < -0.3 is 5.73 Å². The topological polar surface area (TPSA) is 29.3 Å². The Morgan fingerprint density at radius 1 is 1.21 bits per heavy atom. The summed E-state index contributed by atoms with van der Waals surface area (Å²) in [4.78, 5) is 2.65. The summed E-state index contributed by atoms with van der Waals surface area (Å²) >= 11 is 0. The fourth-order valence-corrected chi connectivity index (χ4v) is 3.35. The molecule has 1 unspecified atom stereocenters. The van der Waals surface area contributed by atoms with E-state index in [1.807, 2.05) is 0 Å². The Balaban J connectivity index is 1.97. The average molecular weight is 260 g/mol. The van der Waals surface area contributed by atoms with Crippen molar-refractivity contribution in [1.82, 2.24) is 4.90 Å². The zero-order chi connectivity index (χ0) is 13.5. The highest BCUT2D eigenvalue weighted by atomic mass is 15.2. The molecular formula is C17H28N2. The van der Waals surface area contributed by atoms with Gasteiger partial charge in [-0.1, -0.05) is 50.1 Å². The van der Waals surface area contributed by atoms with E-state index in [9.17, 15) is 0 Å². The van der Waals surface area contributed by atoms with Crippen molar-refractivity contribution in [3.05, 3.63) is 35.9 Å². The zero-order valence-corrected chi connectivity index (χ0v) is 12.2. The Kier molecular flexibility index (Phi) is 5.87. The third kappa shape index (κ3) is 4.05. The van der Waals surface area contributed by atoms with Gasteiger partial charge in [-0.05, 0) is 50.4 Å². The van der Waals surface area contributed by atoms with Gasteiger partial charge in [0, 0.05) is 6.04 Å². The van der Waals surface area contributed by atoms with Gasteiger partial charge in [0.1, 0.15) is 0 Å². The van der Waals surface area contributed by atoms with Gasteiger partial charge in [-0.3, -0.25) is 4.90 Å². The minimum absolute atomic E-state index is 0.522. The van der Waals surface area contributed by atoms with Crippen LogP contribution in [0.3, 0.4) is 0 Å². The maximum Gasteiger partial charge on any atom is 0.0360 e. The molecule has 1 aromatic carbocycles. The highest BCUT2D eigenvalue weighted by molar-refractivity contribution is 5.19. The Labute approximate surface area is 118 Å². The van der Waals surface area contributed by atoms with Gasteiger partial charge in [0.05, 0.1) is 0 Å². The van der Waals surface area contributed by atoms with Gasteiger partial charge in [0.2, 0.25) is 0 Å². The summed E-state index contributed by atoms with van der Waals surface area (Å²) in [5.41, 5.74) is 7.25. The lowest BCUT2D eigenvalue weighted by Crippen LogP contribution is -2.37. The zero-order valence-electron chi connectivity index (χ0n) is 12.2. The molecule has 0 radical (unpaired) electrons. The molecule has 2 N–H and O–H groups in total. The fraction of sp³-hybridized carbons (Fsp3) is 0.647. The van der Waals surface area contributed by atoms with Gasteiger partial charge >= 0.3 is 0 Å². The first-order valence-corrected chi connectivity index (χ1v) is 7.84. The molecule has 0 bridgehead atoms. The Morgan fingerprint density at radius 3 is 2.47 bits per heavy atom. The molecule has 1 aliphatic heterocycles. The normalized spacial score (nSPS) is 19.5. The van der Waals surface area contributed by atoms with E-state index in [2.05, 4.69) is 42.2 Å². The van der Waals surface area contributed by atoms with E-state index in [1.54, 1.807) is 0 Å². The molecule has 0 spiro atoms. The first-order valence-electron chi connectivity index (χ1n) is 7.84. The van der Waals surface area contributed by atoms with Crippen LogP contribution in [0.15, 0.2) is 30.3 Å². The van der Waals surface area contributed by atoms with E-state index in [-0.39, 0.29) is 0 Å². The van der Waals surface area contributed by atoms with Crippen molar-refractivity contribution >= 4 is 0 Å². The van der Waals surface area contributed by atoms with Crippen molar-refractivity contribution in [3.63, 3.8) is 0 Å². The molecule has 1 aliphatic rings. The Morgan fingerprint density at radius 2 is 1.89 bits per heavy atom. The van der Waals surface area contributed by atoms with E-state index < -0.39 is 0 Å². The van der Waals surface area contributed by atoms with Crippen molar-refractivity contribution in [3.8, 4) is 0 Å². The van der Waals surface area contributed by atoms with Gasteiger partial charge in [-0.15, -0.1) is 0 Å². The molecule has 1 fully saturated rings. The van der Waals surface area contributed by atoms with E-state index in [4.69, 9.17) is 5.73 Å². The smallest absolute Gasteiger partial charge is 0.0360 e. The highest BCUT2D eigenvalue weighted by Gasteiger charge is 2.25. The molecule has 1 saturated heterocycles. The van der Waals surface area contributed by atoms with Crippen molar-refractivity contribution in [2.45, 2.75) is 45.1 Å². The molecule has 1 atom stereocenters. The number of piperidine rings is 1. The van der Waals surface area contributed by atoms with Crippen LogP contribution in [0.25, 0.3) is 0 Å². The van der Waals surface area contributed by atoms with Crippen molar-refractivity contribution in [2.75, 3.05) is 19.6 Å². The van der Waals surface area contributed by atoms with Crippen molar-refractivity contribution in [1.29, 1.82) is 0 Å². The number of nitrogens with two attached hydrogens (primary N) is 1. The lowest BCUT2D eigenvalue weighted by Gasteiger charge is -2.38. The second-order valence-corrected chi connectivity index (χ2v) is 5.77. The van der Waals surface area contributed by atoms with E-state index in [1.165, 1.54) is 44.3 Å². The quantitative estimate of drug-likeness (QED) is 0.847. The first kappa shape index (κ1) is 14.5. The molecule has 0 saturated carbocycles. The SMILES string of the molecule is CCCC1CCN(C(CCN)c2ccccc2)CC1. The number of nitrogens with zero attached hydrogens (tertiary/aromatic N) is 1.